The van der Waals surface area contributed by atoms with Gasteiger partial charge in [0.05, 0.1) is 17.6 Å². The molecule has 1 heterocycles. The predicted octanol–water partition coefficient (Wildman–Crippen LogP) is 3.48. The van der Waals surface area contributed by atoms with Crippen molar-refractivity contribution < 1.29 is 13.9 Å². The first kappa shape index (κ1) is 18.6. The number of rotatable bonds is 7. The molecule has 0 atom stereocenters. The molecule has 0 radical (unpaired) electrons. The Morgan fingerprint density at radius 1 is 1.26 bits per heavy atom. The van der Waals surface area contributed by atoms with E-state index in [1.54, 1.807) is 12.1 Å². The van der Waals surface area contributed by atoms with Gasteiger partial charge in [0.25, 0.3) is 0 Å². The zero-order valence-electron chi connectivity index (χ0n) is 15.4. The highest BCUT2D eigenvalue weighted by molar-refractivity contribution is 5.91. The number of nitrogens with zero attached hydrogens (tertiary/aromatic N) is 2. The molecule has 0 bridgehead atoms. The number of carbonyl (C=O) groups is 1. The summed E-state index contributed by atoms with van der Waals surface area (Å²) in [4.78, 5) is 16.5. The molecule has 0 aliphatic carbocycles. The van der Waals surface area contributed by atoms with Gasteiger partial charge in [-0.1, -0.05) is 12.1 Å². The lowest BCUT2D eigenvalue weighted by Crippen LogP contribution is -2.24. The smallest absolute Gasteiger partial charge is 0.244 e. The Morgan fingerprint density at radius 3 is 2.78 bits per heavy atom. The van der Waals surface area contributed by atoms with Crippen molar-refractivity contribution in [3.63, 3.8) is 0 Å². The van der Waals surface area contributed by atoms with Crippen molar-refractivity contribution in [1.29, 1.82) is 0 Å². The van der Waals surface area contributed by atoms with E-state index in [-0.39, 0.29) is 11.7 Å². The van der Waals surface area contributed by atoms with Gasteiger partial charge in [0, 0.05) is 26.1 Å². The standard InChI is InChI=1S/C21H22FN3O2/c1-3-27-17-8-4-15(5-9-17)6-11-21(26)23-13-12-20-24-18-10-7-16(22)14-19(18)25(20)2/h4-11,14H,3,12-13H2,1-2H3,(H,23,26). The number of fused-ring (bicyclic) bond motifs is 1. The minimum atomic E-state index is -0.287. The highest BCUT2D eigenvalue weighted by Gasteiger charge is 2.08. The number of aromatic nitrogens is 2. The average Bonchev–Trinajstić information content (AvgIpc) is 2.97. The van der Waals surface area contributed by atoms with E-state index in [1.165, 1.54) is 18.2 Å². The number of carbonyl (C=O) groups excluding carboxylic acids is 1. The number of benzene rings is 2. The lowest BCUT2D eigenvalue weighted by molar-refractivity contribution is -0.116. The number of hydrogen-bond acceptors (Lipinski definition) is 3. The first-order valence-electron chi connectivity index (χ1n) is 8.86. The second-order valence-corrected chi connectivity index (χ2v) is 6.10. The third-order valence-corrected chi connectivity index (χ3v) is 4.20. The Balaban J connectivity index is 1.53. The number of imidazole rings is 1. The van der Waals surface area contributed by atoms with Crippen molar-refractivity contribution in [3.8, 4) is 5.75 Å². The van der Waals surface area contributed by atoms with Crippen LogP contribution in [-0.2, 0) is 18.3 Å². The molecule has 5 nitrogen and oxygen atoms in total. The number of amides is 1. The van der Waals surface area contributed by atoms with Gasteiger partial charge in [0.2, 0.25) is 5.91 Å². The van der Waals surface area contributed by atoms with E-state index >= 15 is 0 Å². The van der Waals surface area contributed by atoms with Gasteiger partial charge in [-0.15, -0.1) is 0 Å². The van der Waals surface area contributed by atoms with E-state index in [2.05, 4.69) is 10.3 Å². The quantitative estimate of drug-likeness (QED) is 0.651. The Kier molecular flexibility index (Phi) is 5.86. The number of ether oxygens (including phenoxy) is 1. The third kappa shape index (κ3) is 4.73. The minimum Gasteiger partial charge on any atom is -0.494 e. The van der Waals surface area contributed by atoms with Crippen LogP contribution in [0.3, 0.4) is 0 Å². The molecule has 1 aromatic heterocycles. The molecule has 0 saturated heterocycles. The summed E-state index contributed by atoms with van der Waals surface area (Å²) in [6, 6.07) is 12.1. The normalized spacial score (nSPS) is 11.2. The van der Waals surface area contributed by atoms with Crippen molar-refractivity contribution in [3.05, 3.63) is 65.7 Å². The van der Waals surface area contributed by atoms with Gasteiger partial charge in [-0.3, -0.25) is 4.79 Å². The molecular formula is C21H22FN3O2. The molecular weight excluding hydrogens is 345 g/mol. The van der Waals surface area contributed by atoms with Gasteiger partial charge in [-0.2, -0.15) is 0 Å². The summed E-state index contributed by atoms with van der Waals surface area (Å²) in [7, 11) is 1.84. The fourth-order valence-electron chi connectivity index (χ4n) is 2.81. The summed E-state index contributed by atoms with van der Waals surface area (Å²) >= 11 is 0. The second-order valence-electron chi connectivity index (χ2n) is 6.10. The van der Waals surface area contributed by atoms with Gasteiger partial charge in [-0.05, 0) is 48.9 Å². The Labute approximate surface area is 157 Å². The zero-order valence-corrected chi connectivity index (χ0v) is 15.4. The van der Waals surface area contributed by atoms with Crippen LogP contribution in [0.1, 0.15) is 18.3 Å². The maximum Gasteiger partial charge on any atom is 0.244 e. The lowest BCUT2D eigenvalue weighted by Gasteiger charge is -2.04. The number of nitrogens with one attached hydrogen (secondary N) is 1. The maximum absolute atomic E-state index is 13.4. The lowest BCUT2D eigenvalue weighted by atomic mass is 10.2. The Bertz CT molecular complexity index is 961. The predicted molar refractivity (Wildman–Crippen MR) is 104 cm³/mol. The fraction of sp³-hybridized carbons (Fsp3) is 0.238. The summed E-state index contributed by atoms with van der Waals surface area (Å²) in [6.45, 7) is 3.01. The Morgan fingerprint density at radius 2 is 2.04 bits per heavy atom. The first-order valence-corrected chi connectivity index (χ1v) is 8.86. The van der Waals surface area contributed by atoms with Crippen LogP contribution >= 0.6 is 0 Å². The molecule has 0 aliphatic rings. The van der Waals surface area contributed by atoms with Crippen molar-refractivity contribution in [2.75, 3.05) is 13.2 Å². The molecule has 6 heteroatoms. The topological polar surface area (TPSA) is 56.1 Å². The van der Waals surface area contributed by atoms with E-state index in [9.17, 15) is 9.18 Å². The van der Waals surface area contributed by atoms with Gasteiger partial charge in [0.1, 0.15) is 17.4 Å². The molecule has 3 aromatic rings. The van der Waals surface area contributed by atoms with E-state index in [0.29, 0.717) is 19.6 Å². The van der Waals surface area contributed by atoms with Crippen molar-refractivity contribution in [2.45, 2.75) is 13.3 Å². The van der Waals surface area contributed by atoms with Crippen LogP contribution in [0.2, 0.25) is 0 Å². The van der Waals surface area contributed by atoms with Gasteiger partial charge < -0.3 is 14.6 Å². The largest absolute Gasteiger partial charge is 0.494 e. The highest BCUT2D eigenvalue weighted by Crippen LogP contribution is 2.16. The van der Waals surface area contributed by atoms with Gasteiger partial charge in [0.15, 0.2) is 0 Å². The van der Waals surface area contributed by atoms with Crippen LogP contribution in [0.25, 0.3) is 17.1 Å². The monoisotopic (exact) mass is 367 g/mol. The molecule has 27 heavy (non-hydrogen) atoms. The third-order valence-electron chi connectivity index (χ3n) is 4.20. The summed E-state index contributed by atoms with van der Waals surface area (Å²) in [5, 5.41) is 2.84. The van der Waals surface area contributed by atoms with Crippen LogP contribution in [0.15, 0.2) is 48.5 Å². The van der Waals surface area contributed by atoms with Crippen molar-refractivity contribution in [1.82, 2.24) is 14.9 Å². The average molecular weight is 367 g/mol. The van der Waals surface area contributed by atoms with Gasteiger partial charge >= 0.3 is 0 Å². The summed E-state index contributed by atoms with van der Waals surface area (Å²) < 4.78 is 20.6. The summed E-state index contributed by atoms with van der Waals surface area (Å²) in [5.41, 5.74) is 2.41. The number of halogens is 1. The van der Waals surface area contributed by atoms with Crippen molar-refractivity contribution in [2.24, 2.45) is 7.05 Å². The van der Waals surface area contributed by atoms with Crippen molar-refractivity contribution >= 4 is 23.0 Å². The van der Waals surface area contributed by atoms with E-state index in [4.69, 9.17) is 4.74 Å². The maximum atomic E-state index is 13.4. The zero-order chi connectivity index (χ0) is 19.2. The number of aryl methyl sites for hydroxylation is 1. The van der Waals surface area contributed by atoms with Crippen LogP contribution in [-0.4, -0.2) is 28.6 Å². The second kappa shape index (κ2) is 8.49. The van der Waals surface area contributed by atoms with Crippen LogP contribution in [0, 0.1) is 5.82 Å². The van der Waals surface area contributed by atoms with Crippen LogP contribution in [0.5, 0.6) is 5.75 Å². The van der Waals surface area contributed by atoms with E-state index in [0.717, 1.165) is 28.2 Å². The van der Waals surface area contributed by atoms with Gasteiger partial charge in [-0.25, -0.2) is 9.37 Å². The molecule has 0 spiro atoms. The summed E-state index contributed by atoms with van der Waals surface area (Å²) in [6.07, 6.45) is 3.82. The molecule has 0 saturated carbocycles. The van der Waals surface area contributed by atoms with Crippen LogP contribution in [0.4, 0.5) is 4.39 Å². The molecule has 0 unspecified atom stereocenters. The van der Waals surface area contributed by atoms with E-state index < -0.39 is 0 Å². The SMILES string of the molecule is CCOc1ccc(C=CC(=O)NCCc2nc3ccc(F)cc3n2C)cc1. The summed E-state index contributed by atoms with van der Waals surface area (Å²) in [5.74, 6) is 1.14. The van der Waals surface area contributed by atoms with E-state index in [1.807, 2.05) is 42.8 Å². The fourth-order valence-corrected chi connectivity index (χ4v) is 2.81. The molecule has 0 aliphatic heterocycles. The highest BCUT2D eigenvalue weighted by atomic mass is 19.1. The molecule has 3 rings (SSSR count). The Hall–Kier alpha value is -3.15. The minimum absolute atomic E-state index is 0.173. The molecule has 0 fully saturated rings. The first-order chi connectivity index (χ1) is 13.1. The number of hydrogen-bond donors (Lipinski definition) is 1. The molecule has 2 aromatic carbocycles. The molecule has 140 valence electrons. The molecule has 1 N–H and O–H groups in total. The van der Waals surface area contributed by atoms with Crippen LogP contribution < -0.4 is 10.1 Å². The molecule has 1 amide bonds.